The van der Waals surface area contributed by atoms with Gasteiger partial charge in [0.05, 0.1) is 14.2 Å². The van der Waals surface area contributed by atoms with Crippen LogP contribution in [0.3, 0.4) is 0 Å². The fraction of sp³-hybridized carbons (Fsp3) is 0.300. The summed E-state index contributed by atoms with van der Waals surface area (Å²) in [4.78, 5) is 11.3. The predicted molar refractivity (Wildman–Crippen MR) is 68.6 cm³/mol. The van der Waals surface area contributed by atoms with Crippen LogP contribution >= 0.6 is 28.3 Å². The average Bonchev–Trinajstić information content (AvgIpc) is 2.28. The molecule has 1 aromatic carbocycles. The van der Waals surface area contributed by atoms with Crippen molar-refractivity contribution in [1.29, 1.82) is 0 Å². The normalized spacial score (nSPS) is 11.3. The van der Waals surface area contributed by atoms with Gasteiger partial charge in [0.25, 0.3) is 0 Å². The van der Waals surface area contributed by atoms with E-state index in [4.69, 9.17) is 10.5 Å². The molecule has 0 spiro atoms. The maximum atomic E-state index is 11.3. The van der Waals surface area contributed by atoms with Gasteiger partial charge in [-0.15, -0.1) is 12.4 Å². The van der Waals surface area contributed by atoms with Crippen LogP contribution in [0.5, 0.6) is 11.5 Å². The number of phenols is 1. The van der Waals surface area contributed by atoms with Gasteiger partial charge in [0, 0.05) is 10.0 Å². The molecular formula is C10H13BrClNO4. The molecule has 3 N–H and O–H groups in total. The summed E-state index contributed by atoms with van der Waals surface area (Å²) in [5.74, 6) is -0.559. The third-order valence-corrected chi connectivity index (χ3v) is 2.80. The van der Waals surface area contributed by atoms with Crippen LogP contribution in [0.1, 0.15) is 11.6 Å². The zero-order chi connectivity index (χ0) is 12.3. The highest BCUT2D eigenvalue weighted by atomic mass is 79.9. The maximum Gasteiger partial charge on any atom is 0.327 e. The second-order valence-corrected chi connectivity index (χ2v) is 3.87. The number of carbonyl (C=O) groups is 1. The molecule has 0 bridgehead atoms. The Morgan fingerprint density at radius 2 is 2.06 bits per heavy atom. The minimum atomic E-state index is -1.06. The van der Waals surface area contributed by atoms with Gasteiger partial charge in [0.2, 0.25) is 0 Å². The average molecular weight is 327 g/mol. The monoisotopic (exact) mass is 325 g/mol. The lowest BCUT2D eigenvalue weighted by Gasteiger charge is -2.15. The first kappa shape index (κ1) is 16.0. The number of hydrogen-bond donors (Lipinski definition) is 2. The smallest absolute Gasteiger partial charge is 0.327 e. The number of carbonyl (C=O) groups excluding carboxylic acids is 1. The number of hydrogen-bond acceptors (Lipinski definition) is 5. The first-order valence-corrected chi connectivity index (χ1v) is 5.21. The Morgan fingerprint density at radius 1 is 1.47 bits per heavy atom. The summed E-state index contributed by atoms with van der Waals surface area (Å²) in [5.41, 5.74) is 5.90. The molecule has 96 valence electrons. The SMILES string of the molecule is COC(=O)[C@@H](N)c1c(Br)ccc(OC)c1O.Cl. The van der Waals surface area contributed by atoms with Crippen LogP contribution in [-0.4, -0.2) is 25.3 Å². The van der Waals surface area contributed by atoms with Gasteiger partial charge in [-0.2, -0.15) is 0 Å². The molecule has 0 saturated carbocycles. The van der Waals surface area contributed by atoms with E-state index in [9.17, 15) is 9.90 Å². The van der Waals surface area contributed by atoms with Crippen molar-refractivity contribution >= 4 is 34.3 Å². The van der Waals surface area contributed by atoms with Crippen LogP contribution in [0.15, 0.2) is 16.6 Å². The van der Waals surface area contributed by atoms with Crippen molar-refractivity contribution in [2.45, 2.75) is 6.04 Å². The Hall–Kier alpha value is -0.980. The van der Waals surface area contributed by atoms with Crippen molar-refractivity contribution in [3.63, 3.8) is 0 Å². The molecule has 0 heterocycles. The molecule has 0 radical (unpaired) electrons. The van der Waals surface area contributed by atoms with Gasteiger partial charge in [-0.1, -0.05) is 15.9 Å². The number of nitrogens with two attached hydrogens (primary N) is 1. The van der Waals surface area contributed by atoms with E-state index >= 15 is 0 Å². The zero-order valence-corrected chi connectivity index (χ0v) is 11.7. The van der Waals surface area contributed by atoms with Gasteiger partial charge in [0.1, 0.15) is 6.04 Å². The van der Waals surface area contributed by atoms with Gasteiger partial charge in [-0.3, -0.25) is 4.79 Å². The molecular weight excluding hydrogens is 313 g/mol. The molecule has 0 fully saturated rings. The molecule has 0 aliphatic carbocycles. The number of benzene rings is 1. The van der Waals surface area contributed by atoms with E-state index in [1.165, 1.54) is 14.2 Å². The Bertz CT molecular complexity index is 414. The topological polar surface area (TPSA) is 81.8 Å². The van der Waals surface area contributed by atoms with E-state index < -0.39 is 12.0 Å². The maximum absolute atomic E-state index is 11.3. The van der Waals surface area contributed by atoms with Crippen LogP contribution in [0.2, 0.25) is 0 Å². The van der Waals surface area contributed by atoms with Crippen LogP contribution in [0, 0.1) is 0 Å². The molecule has 0 unspecified atom stereocenters. The number of phenolic OH excluding ortho intramolecular Hbond substituents is 1. The highest BCUT2D eigenvalue weighted by molar-refractivity contribution is 9.10. The highest BCUT2D eigenvalue weighted by Gasteiger charge is 2.24. The molecule has 0 aliphatic heterocycles. The first-order chi connectivity index (χ1) is 7.52. The van der Waals surface area contributed by atoms with Gasteiger partial charge < -0.3 is 20.3 Å². The summed E-state index contributed by atoms with van der Waals surface area (Å²) in [6.07, 6.45) is 0. The minimum Gasteiger partial charge on any atom is -0.504 e. The summed E-state index contributed by atoms with van der Waals surface area (Å²) in [7, 11) is 2.64. The molecule has 1 aromatic rings. The number of esters is 1. The van der Waals surface area contributed by atoms with E-state index in [2.05, 4.69) is 20.7 Å². The van der Waals surface area contributed by atoms with Crippen molar-refractivity contribution in [2.75, 3.05) is 14.2 Å². The van der Waals surface area contributed by atoms with Crippen LogP contribution in [-0.2, 0) is 9.53 Å². The number of ether oxygens (including phenoxy) is 2. The Morgan fingerprint density at radius 3 is 2.53 bits per heavy atom. The fourth-order valence-corrected chi connectivity index (χ4v) is 1.84. The molecule has 7 heteroatoms. The van der Waals surface area contributed by atoms with Crippen molar-refractivity contribution in [3.8, 4) is 11.5 Å². The minimum absolute atomic E-state index is 0. The molecule has 1 rings (SSSR count). The molecule has 0 saturated heterocycles. The summed E-state index contributed by atoms with van der Waals surface area (Å²) in [6, 6.07) is 2.14. The van der Waals surface area contributed by atoms with Crippen molar-refractivity contribution < 1.29 is 19.4 Å². The molecule has 0 aliphatic rings. The van der Waals surface area contributed by atoms with Gasteiger partial charge in [-0.25, -0.2) is 0 Å². The van der Waals surface area contributed by atoms with Gasteiger partial charge >= 0.3 is 5.97 Å². The van der Waals surface area contributed by atoms with Gasteiger partial charge in [-0.05, 0) is 12.1 Å². The summed E-state index contributed by atoms with van der Waals surface area (Å²) < 4.78 is 9.96. The van der Waals surface area contributed by atoms with Crippen molar-refractivity contribution in [3.05, 3.63) is 22.2 Å². The van der Waals surface area contributed by atoms with E-state index in [-0.39, 0.29) is 29.5 Å². The molecule has 0 amide bonds. The summed E-state index contributed by atoms with van der Waals surface area (Å²) in [5, 5.41) is 9.84. The third kappa shape index (κ3) is 3.24. The molecule has 0 aromatic heterocycles. The quantitative estimate of drug-likeness (QED) is 0.827. The van der Waals surface area contributed by atoms with Crippen molar-refractivity contribution in [2.24, 2.45) is 5.73 Å². The van der Waals surface area contributed by atoms with E-state index in [1.807, 2.05) is 0 Å². The molecule has 5 nitrogen and oxygen atoms in total. The second kappa shape index (κ2) is 6.68. The number of rotatable bonds is 3. The van der Waals surface area contributed by atoms with E-state index in [0.717, 1.165) is 0 Å². The standard InChI is InChI=1S/C10H12BrNO4.ClH/c1-15-6-4-3-5(11)7(9(6)13)8(12)10(14)16-2;/h3-4,8,13H,12H2,1-2H3;1H/t8-;/m0./s1. The number of methoxy groups -OCH3 is 2. The lowest BCUT2D eigenvalue weighted by atomic mass is 10.1. The summed E-state index contributed by atoms with van der Waals surface area (Å²) in [6.45, 7) is 0. The zero-order valence-electron chi connectivity index (χ0n) is 9.27. The Balaban J connectivity index is 0.00000256. The third-order valence-electron chi connectivity index (χ3n) is 2.11. The van der Waals surface area contributed by atoms with Crippen molar-refractivity contribution in [1.82, 2.24) is 0 Å². The highest BCUT2D eigenvalue weighted by Crippen LogP contribution is 2.38. The largest absolute Gasteiger partial charge is 0.504 e. The second-order valence-electron chi connectivity index (χ2n) is 3.01. The fourth-order valence-electron chi connectivity index (χ4n) is 1.27. The molecule has 17 heavy (non-hydrogen) atoms. The first-order valence-electron chi connectivity index (χ1n) is 4.41. The van der Waals surface area contributed by atoms with E-state index in [0.29, 0.717) is 4.47 Å². The lowest BCUT2D eigenvalue weighted by molar-refractivity contribution is -0.142. The lowest BCUT2D eigenvalue weighted by Crippen LogP contribution is -2.23. The van der Waals surface area contributed by atoms with Crippen LogP contribution in [0.4, 0.5) is 0 Å². The molecule has 1 atom stereocenters. The number of halogens is 2. The summed E-state index contributed by atoms with van der Waals surface area (Å²) >= 11 is 3.21. The van der Waals surface area contributed by atoms with E-state index in [1.54, 1.807) is 12.1 Å². The van der Waals surface area contributed by atoms with Crippen LogP contribution in [0.25, 0.3) is 0 Å². The van der Waals surface area contributed by atoms with Crippen LogP contribution < -0.4 is 10.5 Å². The number of aromatic hydroxyl groups is 1. The predicted octanol–water partition coefficient (Wildman–Crippen LogP) is 1.76. The Kier molecular flexibility index (Phi) is 6.30. The Labute approximate surface area is 113 Å². The van der Waals surface area contributed by atoms with Gasteiger partial charge in [0.15, 0.2) is 11.5 Å².